The Hall–Kier alpha value is -2.60. The van der Waals surface area contributed by atoms with Gasteiger partial charge in [-0.05, 0) is 42.9 Å². The third kappa shape index (κ3) is 4.28. The molecule has 1 atom stereocenters. The lowest BCUT2D eigenvalue weighted by molar-refractivity contribution is -0.140. The Balaban J connectivity index is 1.47. The summed E-state index contributed by atoms with van der Waals surface area (Å²) in [6.45, 7) is 0.331. The summed E-state index contributed by atoms with van der Waals surface area (Å²) in [7, 11) is 0. The highest BCUT2D eigenvalue weighted by molar-refractivity contribution is 6.35. The van der Waals surface area contributed by atoms with E-state index in [1.54, 1.807) is 12.1 Å². The van der Waals surface area contributed by atoms with Gasteiger partial charge in [0.05, 0.1) is 12.8 Å². The van der Waals surface area contributed by atoms with Crippen LogP contribution in [0.15, 0.2) is 53.1 Å². The number of nitrogens with one attached hydrogen (secondary N) is 2. The number of amides is 2. The van der Waals surface area contributed by atoms with Crippen LogP contribution in [0.5, 0.6) is 0 Å². The lowest BCUT2D eigenvalue weighted by atomic mass is 9.94. The zero-order valence-corrected chi connectivity index (χ0v) is 13.9. The molecule has 0 saturated heterocycles. The lowest BCUT2D eigenvalue weighted by Gasteiger charge is -2.26. The van der Waals surface area contributed by atoms with E-state index in [-0.39, 0.29) is 12.5 Å². The average molecular weight is 342 g/mol. The minimum Gasteiger partial charge on any atom is -0.466 e. The molecular weight excluding hydrogens is 320 g/mol. The van der Waals surface area contributed by atoms with Crippen molar-refractivity contribution in [2.24, 2.45) is 5.92 Å². The SMILES string of the molecule is O=C(NCCc1ccccc1)C(=O)NCC(O)(c1ccco1)C1CC1. The van der Waals surface area contributed by atoms with Crippen LogP contribution < -0.4 is 10.6 Å². The smallest absolute Gasteiger partial charge is 0.309 e. The summed E-state index contributed by atoms with van der Waals surface area (Å²) in [6.07, 6.45) is 3.88. The van der Waals surface area contributed by atoms with Crippen LogP contribution in [0.4, 0.5) is 0 Å². The van der Waals surface area contributed by atoms with Gasteiger partial charge in [-0.15, -0.1) is 0 Å². The van der Waals surface area contributed by atoms with E-state index in [1.807, 2.05) is 30.3 Å². The van der Waals surface area contributed by atoms with E-state index in [4.69, 9.17) is 4.42 Å². The second kappa shape index (κ2) is 7.53. The Morgan fingerprint density at radius 1 is 1.08 bits per heavy atom. The third-order valence-electron chi connectivity index (χ3n) is 4.47. The molecule has 0 radical (unpaired) electrons. The normalized spacial score (nSPS) is 16.0. The predicted octanol–water partition coefficient (Wildman–Crippen LogP) is 1.35. The first-order chi connectivity index (χ1) is 12.1. The molecule has 25 heavy (non-hydrogen) atoms. The van der Waals surface area contributed by atoms with Crippen molar-refractivity contribution in [2.45, 2.75) is 24.9 Å². The molecule has 1 aliphatic rings. The van der Waals surface area contributed by atoms with Crippen LogP contribution >= 0.6 is 0 Å². The van der Waals surface area contributed by atoms with Crippen molar-refractivity contribution in [3.8, 4) is 0 Å². The van der Waals surface area contributed by atoms with Gasteiger partial charge in [-0.25, -0.2) is 0 Å². The van der Waals surface area contributed by atoms with Crippen LogP contribution in [-0.2, 0) is 21.6 Å². The maximum atomic E-state index is 12.0. The van der Waals surface area contributed by atoms with Gasteiger partial charge in [-0.2, -0.15) is 0 Å². The first kappa shape index (κ1) is 17.2. The number of benzene rings is 1. The van der Waals surface area contributed by atoms with Crippen molar-refractivity contribution in [1.82, 2.24) is 10.6 Å². The summed E-state index contributed by atoms with van der Waals surface area (Å²) in [5.74, 6) is -0.993. The van der Waals surface area contributed by atoms with E-state index in [9.17, 15) is 14.7 Å². The van der Waals surface area contributed by atoms with Gasteiger partial charge in [-0.1, -0.05) is 30.3 Å². The van der Waals surface area contributed by atoms with Gasteiger partial charge in [0, 0.05) is 6.54 Å². The van der Waals surface area contributed by atoms with Crippen molar-refractivity contribution in [1.29, 1.82) is 0 Å². The first-order valence-electron chi connectivity index (χ1n) is 8.46. The zero-order chi connectivity index (χ0) is 17.7. The predicted molar refractivity (Wildman–Crippen MR) is 91.5 cm³/mol. The van der Waals surface area contributed by atoms with E-state index in [2.05, 4.69) is 10.6 Å². The van der Waals surface area contributed by atoms with E-state index in [0.29, 0.717) is 18.7 Å². The highest BCUT2D eigenvalue weighted by atomic mass is 16.4. The fraction of sp³-hybridized carbons (Fsp3) is 0.368. The van der Waals surface area contributed by atoms with Crippen LogP contribution in [0.1, 0.15) is 24.2 Å². The topological polar surface area (TPSA) is 91.6 Å². The van der Waals surface area contributed by atoms with Crippen LogP contribution in [0.2, 0.25) is 0 Å². The highest BCUT2D eigenvalue weighted by Gasteiger charge is 2.47. The molecule has 1 heterocycles. The summed E-state index contributed by atoms with van der Waals surface area (Å²) in [4.78, 5) is 23.9. The van der Waals surface area contributed by atoms with E-state index < -0.39 is 17.4 Å². The number of furan rings is 1. The van der Waals surface area contributed by atoms with Gasteiger partial charge in [0.1, 0.15) is 11.4 Å². The number of carbonyl (C=O) groups excluding carboxylic acids is 2. The molecule has 1 fully saturated rings. The van der Waals surface area contributed by atoms with Gasteiger partial charge >= 0.3 is 11.8 Å². The standard InChI is InChI=1S/C19H22N2O4/c22-17(20-11-10-14-5-2-1-3-6-14)18(23)21-13-19(24,15-8-9-15)16-7-4-12-25-16/h1-7,12,15,24H,8-11,13H2,(H,20,22)(H,21,23). The second-order valence-electron chi connectivity index (χ2n) is 6.35. The van der Waals surface area contributed by atoms with Gasteiger partial charge in [0.25, 0.3) is 0 Å². The largest absolute Gasteiger partial charge is 0.466 e. The summed E-state index contributed by atoms with van der Waals surface area (Å²) in [5.41, 5.74) is -0.173. The quantitative estimate of drug-likeness (QED) is 0.663. The molecule has 0 aliphatic heterocycles. The summed E-state index contributed by atoms with van der Waals surface area (Å²) in [5, 5.41) is 15.9. The van der Waals surface area contributed by atoms with Gasteiger partial charge in [0.15, 0.2) is 0 Å². The fourth-order valence-electron chi connectivity index (χ4n) is 2.86. The monoisotopic (exact) mass is 342 g/mol. The maximum Gasteiger partial charge on any atom is 0.309 e. The van der Waals surface area contributed by atoms with Crippen molar-refractivity contribution >= 4 is 11.8 Å². The number of carbonyl (C=O) groups is 2. The van der Waals surface area contributed by atoms with Crippen molar-refractivity contribution in [2.75, 3.05) is 13.1 Å². The third-order valence-corrected chi connectivity index (χ3v) is 4.47. The number of rotatable bonds is 7. The zero-order valence-electron chi connectivity index (χ0n) is 13.9. The minimum atomic E-state index is -1.26. The molecule has 6 nitrogen and oxygen atoms in total. The number of hydrogen-bond donors (Lipinski definition) is 3. The molecule has 6 heteroatoms. The number of aliphatic hydroxyl groups is 1. The van der Waals surface area contributed by atoms with Crippen LogP contribution in [-0.4, -0.2) is 30.0 Å². The molecule has 1 aliphatic carbocycles. The van der Waals surface area contributed by atoms with Gasteiger partial charge in [-0.3, -0.25) is 9.59 Å². The highest BCUT2D eigenvalue weighted by Crippen LogP contribution is 2.45. The Labute approximate surface area is 146 Å². The molecular formula is C19H22N2O4. The fourth-order valence-corrected chi connectivity index (χ4v) is 2.86. The van der Waals surface area contributed by atoms with E-state index in [1.165, 1.54) is 6.26 Å². The molecule has 132 valence electrons. The Morgan fingerprint density at radius 2 is 1.80 bits per heavy atom. The molecule has 3 N–H and O–H groups in total. The van der Waals surface area contributed by atoms with Crippen LogP contribution in [0, 0.1) is 5.92 Å². The number of hydrogen-bond acceptors (Lipinski definition) is 4. The molecule has 0 bridgehead atoms. The first-order valence-corrected chi connectivity index (χ1v) is 8.46. The molecule has 1 saturated carbocycles. The molecule has 2 aromatic rings. The van der Waals surface area contributed by atoms with Crippen molar-refractivity contribution < 1.29 is 19.1 Å². The van der Waals surface area contributed by atoms with Gasteiger partial charge < -0.3 is 20.2 Å². The molecule has 0 spiro atoms. The van der Waals surface area contributed by atoms with Crippen molar-refractivity contribution in [3.05, 3.63) is 60.1 Å². The van der Waals surface area contributed by atoms with E-state index >= 15 is 0 Å². The average Bonchev–Trinajstić information content (AvgIpc) is 3.35. The van der Waals surface area contributed by atoms with Gasteiger partial charge in [0.2, 0.25) is 0 Å². The Bertz CT molecular complexity index is 710. The molecule has 1 aromatic carbocycles. The minimum absolute atomic E-state index is 0.0418. The summed E-state index contributed by atoms with van der Waals surface area (Å²) >= 11 is 0. The van der Waals surface area contributed by atoms with Crippen molar-refractivity contribution in [3.63, 3.8) is 0 Å². The summed E-state index contributed by atoms with van der Waals surface area (Å²) < 4.78 is 5.30. The molecule has 3 rings (SSSR count). The second-order valence-corrected chi connectivity index (χ2v) is 6.35. The maximum absolute atomic E-state index is 12.0. The lowest BCUT2D eigenvalue weighted by Crippen LogP contribution is -2.47. The Kier molecular flexibility index (Phi) is 5.19. The molecule has 1 aromatic heterocycles. The molecule has 1 unspecified atom stereocenters. The van der Waals surface area contributed by atoms with Crippen LogP contribution in [0.3, 0.4) is 0 Å². The van der Waals surface area contributed by atoms with Crippen LogP contribution in [0.25, 0.3) is 0 Å². The molecule has 2 amide bonds. The summed E-state index contributed by atoms with van der Waals surface area (Å²) in [6, 6.07) is 13.1. The Morgan fingerprint density at radius 3 is 2.44 bits per heavy atom. The van der Waals surface area contributed by atoms with E-state index in [0.717, 1.165) is 18.4 Å².